The van der Waals surface area contributed by atoms with Crippen molar-refractivity contribution in [1.82, 2.24) is 0 Å². The van der Waals surface area contributed by atoms with E-state index in [2.05, 4.69) is 24.1 Å². The van der Waals surface area contributed by atoms with Crippen molar-refractivity contribution in [2.24, 2.45) is 0 Å². The van der Waals surface area contributed by atoms with E-state index in [0.29, 0.717) is 4.90 Å². The van der Waals surface area contributed by atoms with Gasteiger partial charge < -0.3 is 4.74 Å². The Morgan fingerprint density at radius 1 is 1.14 bits per heavy atom. The van der Waals surface area contributed by atoms with Gasteiger partial charge >= 0.3 is 0 Å². The van der Waals surface area contributed by atoms with E-state index in [-0.39, 0.29) is 5.82 Å². The minimum atomic E-state index is -0.330. The summed E-state index contributed by atoms with van der Waals surface area (Å²) >= 11 is 4.10. The smallest absolute Gasteiger partial charge is 0.136 e. The Labute approximate surface area is 130 Å². The van der Waals surface area contributed by atoms with Crippen LogP contribution in [0.2, 0.25) is 0 Å². The molecule has 0 saturated carbocycles. The fraction of sp³-hybridized carbons (Fsp3) is 0.250. The Hall–Kier alpha value is -1.88. The van der Waals surface area contributed by atoms with E-state index in [9.17, 15) is 4.39 Å². The number of nitrogens with zero attached hydrogens (tertiary/aromatic N) is 1. The zero-order valence-electron chi connectivity index (χ0n) is 12.6. The molecule has 2 aromatic carbocycles. The average Bonchev–Trinajstić information content (AvgIpc) is 2.44. The summed E-state index contributed by atoms with van der Waals surface area (Å²) in [6.45, 7) is 4.03. The number of hydrazine groups is 1. The monoisotopic (exact) mass is 306 g/mol. The van der Waals surface area contributed by atoms with Crippen LogP contribution < -0.4 is 15.2 Å². The Bertz CT molecular complexity index is 661. The molecular weight excluding hydrogens is 287 g/mol. The second-order valence-electron chi connectivity index (χ2n) is 4.94. The molecule has 0 aliphatic carbocycles. The predicted molar refractivity (Wildman–Crippen MR) is 88.1 cm³/mol. The zero-order chi connectivity index (χ0) is 15.6. The van der Waals surface area contributed by atoms with Crippen molar-refractivity contribution in [3.8, 4) is 5.75 Å². The van der Waals surface area contributed by atoms with E-state index < -0.39 is 0 Å². The van der Waals surface area contributed by atoms with Crippen LogP contribution in [-0.2, 0) is 0 Å². The van der Waals surface area contributed by atoms with Gasteiger partial charge in [-0.1, -0.05) is 6.07 Å². The third-order valence-electron chi connectivity index (χ3n) is 3.35. The first-order valence-electron chi connectivity index (χ1n) is 6.56. The number of thiol groups is 1. The highest BCUT2D eigenvalue weighted by molar-refractivity contribution is 7.80. The Balaban J connectivity index is 2.26. The van der Waals surface area contributed by atoms with E-state index in [0.717, 1.165) is 28.3 Å². The molecule has 112 valence electrons. The molecule has 0 radical (unpaired) electrons. The van der Waals surface area contributed by atoms with Gasteiger partial charge in [0.25, 0.3) is 0 Å². The molecule has 1 N–H and O–H groups in total. The van der Waals surface area contributed by atoms with Crippen molar-refractivity contribution in [3.63, 3.8) is 0 Å². The summed E-state index contributed by atoms with van der Waals surface area (Å²) in [6, 6.07) is 8.78. The maximum atomic E-state index is 13.3. The maximum Gasteiger partial charge on any atom is 0.136 e. The van der Waals surface area contributed by atoms with Crippen molar-refractivity contribution in [2.45, 2.75) is 18.7 Å². The minimum Gasteiger partial charge on any atom is -0.496 e. The first kappa shape index (κ1) is 15.5. The molecule has 0 aliphatic heterocycles. The number of halogens is 1. The summed E-state index contributed by atoms with van der Waals surface area (Å²) in [5, 5.41) is 1.82. The molecule has 2 aromatic rings. The molecular formula is C16H19FN2OS. The van der Waals surface area contributed by atoms with Crippen LogP contribution >= 0.6 is 12.6 Å². The molecule has 0 spiro atoms. The standard InChI is InChI=1S/C16H19FN2OS/c1-10-7-11(2)15(20-4)9-14(10)18-19(3)12-5-6-13(17)16(21)8-12/h5-9,18,21H,1-4H3. The predicted octanol–water partition coefficient (Wildman–Crippen LogP) is 4.20. The lowest BCUT2D eigenvalue weighted by Crippen LogP contribution is -2.25. The second kappa shape index (κ2) is 6.26. The molecule has 0 aliphatic rings. The quantitative estimate of drug-likeness (QED) is 0.654. The number of aryl methyl sites for hydroxylation is 2. The third kappa shape index (κ3) is 3.42. The van der Waals surface area contributed by atoms with Gasteiger partial charge in [-0.25, -0.2) is 4.39 Å². The molecule has 0 amide bonds. The number of methoxy groups -OCH3 is 1. The van der Waals surface area contributed by atoms with Crippen LogP contribution in [0.25, 0.3) is 0 Å². The molecule has 5 heteroatoms. The first-order valence-corrected chi connectivity index (χ1v) is 7.01. The van der Waals surface area contributed by atoms with Gasteiger partial charge in [0.2, 0.25) is 0 Å². The van der Waals surface area contributed by atoms with Crippen molar-refractivity contribution in [2.75, 3.05) is 24.6 Å². The highest BCUT2D eigenvalue weighted by Crippen LogP contribution is 2.28. The van der Waals surface area contributed by atoms with Gasteiger partial charge in [0.15, 0.2) is 0 Å². The largest absolute Gasteiger partial charge is 0.496 e. The summed E-state index contributed by atoms with van der Waals surface area (Å²) < 4.78 is 18.6. The van der Waals surface area contributed by atoms with Crippen LogP contribution in [-0.4, -0.2) is 14.2 Å². The van der Waals surface area contributed by atoms with Crippen molar-refractivity contribution < 1.29 is 9.13 Å². The summed E-state index contributed by atoms with van der Waals surface area (Å²) in [5.41, 5.74) is 7.22. The molecule has 3 nitrogen and oxygen atoms in total. The molecule has 2 rings (SSSR count). The second-order valence-corrected chi connectivity index (χ2v) is 5.43. The van der Waals surface area contributed by atoms with E-state index in [4.69, 9.17) is 4.74 Å². The van der Waals surface area contributed by atoms with Crippen molar-refractivity contribution in [3.05, 3.63) is 47.3 Å². The van der Waals surface area contributed by atoms with Crippen LogP contribution in [0, 0.1) is 19.7 Å². The van der Waals surface area contributed by atoms with E-state index in [1.165, 1.54) is 6.07 Å². The van der Waals surface area contributed by atoms with Crippen LogP contribution in [0.15, 0.2) is 35.2 Å². The number of rotatable bonds is 4. The van der Waals surface area contributed by atoms with Gasteiger partial charge in [-0.05, 0) is 43.2 Å². The molecule has 0 heterocycles. The number of benzene rings is 2. The summed E-state index contributed by atoms with van der Waals surface area (Å²) in [5.74, 6) is 0.495. The van der Waals surface area contributed by atoms with Gasteiger partial charge in [0.05, 0.1) is 18.5 Å². The third-order valence-corrected chi connectivity index (χ3v) is 3.69. The minimum absolute atomic E-state index is 0.319. The molecule has 21 heavy (non-hydrogen) atoms. The Kier molecular flexibility index (Phi) is 4.63. The van der Waals surface area contributed by atoms with E-state index in [1.807, 2.05) is 32.0 Å². The lowest BCUT2D eigenvalue weighted by Gasteiger charge is -2.24. The van der Waals surface area contributed by atoms with Gasteiger partial charge in [0, 0.05) is 18.0 Å². The van der Waals surface area contributed by atoms with E-state index in [1.54, 1.807) is 19.2 Å². The first-order chi connectivity index (χ1) is 9.92. The van der Waals surface area contributed by atoms with E-state index >= 15 is 0 Å². The number of hydrogen-bond donors (Lipinski definition) is 2. The van der Waals surface area contributed by atoms with Gasteiger partial charge in [-0.2, -0.15) is 0 Å². The zero-order valence-corrected chi connectivity index (χ0v) is 13.5. The average molecular weight is 306 g/mol. The normalized spacial score (nSPS) is 10.4. The van der Waals surface area contributed by atoms with Crippen LogP contribution in [0.1, 0.15) is 11.1 Å². The van der Waals surface area contributed by atoms with Gasteiger partial charge in [0.1, 0.15) is 11.6 Å². The van der Waals surface area contributed by atoms with Gasteiger partial charge in [-0.15, -0.1) is 12.6 Å². The van der Waals surface area contributed by atoms with Crippen LogP contribution in [0.3, 0.4) is 0 Å². The summed E-state index contributed by atoms with van der Waals surface area (Å²) in [4.78, 5) is 0.319. The van der Waals surface area contributed by atoms with Crippen LogP contribution in [0.4, 0.5) is 15.8 Å². The van der Waals surface area contributed by atoms with Crippen molar-refractivity contribution in [1.29, 1.82) is 0 Å². The molecule has 0 unspecified atom stereocenters. The van der Waals surface area contributed by atoms with Crippen molar-refractivity contribution >= 4 is 24.0 Å². The van der Waals surface area contributed by atoms with Crippen LogP contribution in [0.5, 0.6) is 5.75 Å². The number of hydrogen-bond acceptors (Lipinski definition) is 4. The number of anilines is 2. The number of ether oxygens (including phenoxy) is 1. The number of nitrogens with one attached hydrogen (secondary N) is 1. The van der Waals surface area contributed by atoms with Gasteiger partial charge in [-0.3, -0.25) is 10.4 Å². The summed E-state index contributed by atoms with van der Waals surface area (Å²) in [6.07, 6.45) is 0. The SMILES string of the molecule is COc1cc(NN(C)c2ccc(F)c(S)c2)c(C)cc1C. The highest BCUT2D eigenvalue weighted by Gasteiger charge is 2.09. The fourth-order valence-corrected chi connectivity index (χ4v) is 2.33. The Morgan fingerprint density at radius 3 is 2.48 bits per heavy atom. The molecule has 0 saturated heterocycles. The lowest BCUT2D eigenvalue weighted by atomic mass is 10.1. The molecule has 0 bridgehead atoms. The highest BCUT2D eigenvalue weighted by atomic mass is 32.1. The molecule has 0 aromatic heterocycles. The lowest BCUT2D eigenvalue weighted by molar-refractivity contribution is 0.412. The molecule has 0 fully saturated rings. The maximum absolute atomic E-state index is 13.3. The summed E-state index contributed by atoms with van der Waals surface area (Å²) in [7, 11) is 3.52. The Morgan fingerprint density at radius 2 is 1.86 bits per heavy atom. The fourth-order valence-electron chi connectivity index (χ4n) is 2.13. The topological polar surface area (TPSA) is 24.5 Å². The molecule has 0 atom stereocenters.